The number of fused-ring (bicyclic) bond motifs is 1. The van der Waals surface area contributed by atoms with Gasteiger partial charge in [0.1, 0.15) is 0 Å². The van der Waals surface area contributed by atoms with Crippen molar-refractivity contribution in [2.45, 2.75) is 6.92 Å². The number of rotatable bonds is 2. The second kappa shape index (κ2) is 6.87. The van der Waals surface area contributed by atoms with Crippen LogP contribution in [0.4, 0.5) is 5.69 Å². The molecule has 5 nitrogen and oxygen atoms in total. The summed E-state index contributed by atoms with van der Waals surface area (Å²) >= 11 is 13.5. The Morgan fingerprint density at radius 3 is 2.73 bits per heavy atom. The summed E-state index contributed by atoms with van der Waals surface area (Å²) in [4.78, 5) is 17.3. The van der Waals surface area contributed by atoms with Gasteiger partial charge in [-0.1, -0.05) is 23.2 Å². The topological polar surface area (TPSA) is 59.9 Å². The van der Waals surface area contributed by atoms with Gasteiger partial charge in [-0.3, -0.25) is 4.79 Å². The smallest absolute Gasteiger partial charge is 0.264 e. The summed E-state index contributed by atoms with van der Waals surface area (Å²) in [6, 6.07) is 8.84. The third-order valence-electron chi connectivity index (χ3n) is 3.81. The van der Waals surface area contributed by atoms with Crippen molar-refractivity contribution in [3.05, 3.63) is 56.4 Å². The third-order valence-corrected chi connectivity index (χ3v) is 5.28. The molecule has 132 valence electrons. The number of carbonyl (C=O) groups excluding carboxylic acids is 1. The number of aliphatic imine (C=N–C) groups is 1. The third kappa shape index (κ3) is 3.40. The van der Waals surface area contributed by atoms with E-state index in [0.717, 1.165) is 11.3 Å². The van der Waals surface area contributed by atoms with E-state index in [0.29, 0.717) is 37.2 Å². The largest absolute Gasteiger partial charge is 0.454 e. The molecule has 1 fully saturated rings. The van der Waals surface area contributed by atoms with Gasteiger partial charge < -0.3 is 14.8 Å². The lowest BCUT2D eigenvalue weighted by atomic mass is 10.2. The zero-order valence-corrected chi connectivity index (χ0v) is 15.8. The second-order valence-corrected chi connectivity index (χ2v) is 7.51. The summed E-state index contributed by atoms with van der Waals surface area (Å²) in [5.74, 6) is 0.977. The maximum atomic E-state index is 12.3. The number of aryl methyl sites for hydroxylation is 1. The maximum Gasteiger partial charge on any atom is 0.264 e. The highest BCUT2D eigenvalue weighted by atomic mass is 35.5. The molecule has 26 heavy (non-hydrogen) atoms. The maximum absolute atomic E-state index is 12.3. The predicted molar refractivity (Wildman–Crippen MR) is 105 cm³/mol. The molecule has 0 saturated carbocycles. The van der Waals surface area contributed by atoms with Crippen LogP contribution in [-0.4, -0.2) is 17.9 Å². The highest BCUT2D eigenvalue weighted by molar-refractivity contribution is 8.18. The number of hydrogen-bond acceptors (Lipinski definition) is 5. The summed E-state index contributed by atoms with van der Waals surface area (Å²) in [5.41, 5.74) is 2.35. The minimum atomic E-state index is -0.228. The van der Waals surface area contributed by atoms with Crippen LogP contribution in [0.5, 0.6) is 11.5 Å². The molecule has 0 atom stereocenters. The lowest BCUT2D eigenvalue weighted by Crippen LogP contribution is -2.19. The molecule has 0 aliphatic carbocycles. The molecular weight excluding hydrogens is 395 g/mol. The van der Waals surface area contributed by atoms with Gasteiger partial charge in [0.25, 0.3) is 5.91 Å². The summed E-state index contributed by atoms with van der Waals surface area (Å²) in [6.45, 7) is 2.08. The Morgan fingerprint density at radius 1 is 1.19 bits per heavy atom. The summed E-state index contributed by atoms with van der Waals surface area (Å²) in [7, 11) is 0. The molecule has 1 saturated heterocycles. The van der Waals surface area contributed by atoms with E-state index in [-0.39, 0.29) is 12.7 Å². The molecule has 2 aliphatic rings. The normalized spacial score (nSPS) is 18.7. The van der Waals surface area contributed by atoms with Gasteiger partial charge in [0, 0.05) is 11.1 Å². The van der Waals surface area contributed by atoms with Gasteiger partial charge >= 0.3 is 0 Å². The average Bonchev–Trinajstić information content (AvgIpc) is 3.17. The van der Waals surface area contributed by atoms with Gasteiger partial charge in [-0.25, -0.2) is 4.99 Å². The molecule has 0 bridgehead atoms. The summed E-state index contributed by atoms with van der Waals surface area (Å²) in [6.07, 6.45) is 1.71. The number of nitrogens with one attached hydrogen (secondary N) is 1. The molecule has 8 heteroatoms. The Bertz CT molecular complexity index is 989. The Labute approximate surface area is 164 Å². The Kier molecular flexibility index (Phi) is 4.56. The first kappa shape index (κ1) is 17.3. The molecule has 1 amide bonds. The lowest BCUT2D eigenvalue weighted by Gasteiger charge is -2.02. The quantitative estimate of drug-likeness (QED) is 0.718. The molecule has 2 heterocycles. The van der Waals surface area contributed by atoms with Crippen LogP contribution in [0.1, 0.15) is 11.1 Å². The predicted octanol–water partition coefficient (Wildman–Crippen LogP) is 4.92. The van der Waals surface area contributed by atoms with Crippen molar-refractivity contribution in [2.75, 3.05) is 6.79 Å². The Hall–Kier alpha value is -2.15. The fourth-order valence-corrected chi connectivity index (χ4v) is 3.78. The monoisotopic (exact) mass is 406 g/mol. The number of carbonyl (C=O) groups is 1. The number of amidine groups is 1. The molecule has 1 N–H and O–H groups in total. The van der Waals surface area contributed by atoms with Gasteiger partial charge in [0.05, 0.1) is 15.6 Å². The minimum Gasteiger partial charge on any atom is -0.454 e. The first-order chi connectivity index (χ1) is 12.5. The number of benzene rings is 2. The van der Waals surface area contributed by atoms with Crippen molar-refractivity contribution in [1.82, 2.24) is 5.32 Å². The Morgan fingerprint density at radius 2 is 1.96 bits per heavy atom. The minimum absolute atomic E-state index is 0.165. The van der Waals surface area contributed by atoms with Gasteiger partial charge in [-0.05, 0) is 60.2 Å². The van der Waals surface area contributed by atoms with Crippen molar-refractivity contribution in [3.8, 4) is 11.5 Å². The zero-order chi connectivity index (χ0) is 18.3. The van der Waals surface area contributed by atoms with Crippen LogP contribution in [0.15, 0.2) is 40.2 Å². The fraction of sp³-hybridized carbons (Fsp3) is 0.111. The zero-order valence-electron chi connectivity index (χ0n) is 13.5. The highest BCUT2D eigenvalue weighted by Gasteiger charge is 2.25. The van der Waals surface area contributed by atoms with E-state index in [1.807, 2.05) is 19.1 Å². The average molecular weight is 407 g/mol. The van der Waals surface area contributed by atoms with Crippen molar-refractivity contribution in [2.24, 2.45) is 4.99 Å². The summed E-state index contributed by atoms with van der Waals surface area (Å²) in [5, 5.41) is 4.39. The number of amides is 1. The van der Waals surface area contributed by atoms with Crippen LogP contribution in [0.3, 0.4) is 0 Å². The van der Waals surface area contributed by atoms with Gasteiger partial charge in [-0.2, -0.15) is 0 Å². The molecule has 2 aliphatic heterocycles. The standard InChI is InChI=1S/C18H12Cl2N2O3S/c1-9-4-11(19)2-3-13(9)21-18-22-17(23)16(26-18)6-10-5-14-15(7-12(10)20)25-8-24-14/h2-7H,8H2,1H3,(H,21,22,23)/b16-6-. The van der Waals surface area contributed by atoms with E-state index in [2.05, 4.69) is 10.3 Å². The molecule has 2 aromatic rings. The van der Waals surface area contributed by atoms with Gasteiger partial charge in [0.2, 0.25) is 6.79 Å². The molecule has 2 aromatic carbocycles. The molecule has 0 spiro atoms. The van der Waals surface area contributed by atoms with Crippen molar-refractivity contribution in [1.29, 1.82) is 0 Å². The molecule has 0 aromatic heterocycles. The van der Waals surface area contributed by atoms with E-state index in [9.17, 15) is 4.79 Å². The van der Waals surface area contributed by atoms with E-state index < -0.39 is 0 Å². The number of ether oxygens (including phenoxy) is 2. The van der Waals surface area contributed by atoms with E-state index in [1.165, 1.54) is 11.8 Å². The first-order valence-electron chi connectivity index (χ1n) is 7.64. The van der Waals surface area contributed by atoms with Crippen LogP contribution in [0.25, 0.3) is 6.08 Å². The first-order valence-corrected chi connectivity index (χ1v) is 9.22. The number of halogens is 2. The van der Waals surface area contributed by atoms with Gasteiger partial charge in [-0.15, -0.1) is 0 Å². The van der Waals surface area contributed by atoms with Gasteiger partial charge in [0.15, 0.2) is 16.7 Å². The van der Waals surface area contributed by atoms with Crippen LogP contribution in [-0.2, 0) is 4.79 Å². The summed E-state index contributed by atoms with van der Waals surface area (Å²) < 4.78 is 10.6. The van der Waals surface area contributed by atoms with Crippen molar-refractivity contribution >= 4 is 57.8 Å². The Balaban J connectivity index is 1.62. The molecule has 4 rings (SSSR count). The molecule has 0 radical (unpaired) electrons. The van der Waals surface area contributed by atoms with Crippen molar-refractivity contribution in [3.63, 3.8) is 0 Å². The molecule has 0 unspecified atom stereocenters. The second-order valence-electron chi connectivity index (χ2n) is 5.64. The van der Waals surface area contributed by atoms with E-state index >= 15 is 0 Å². The number of thioether (sulfide) groups is 1. The molecular formula is C18H12Cl2N2O3S. The van der Waals surface area contributed by atoms with Crippen LogP contribution in [0.2, 0.25) is 10.0 Å². The highest BCUT2D eigenvalue weighted by Crippen LogP contribution is 2.39. The van der Waals surface area contributed by atoms with Crippen molar-refractivity contribution < 1.29 is 14.3 Å². The SMILES string of the molecule is Cc1cc(Cl)ccc1N=C1NC(=O)/C(=C/c2cc3c(cc2Cl)OCO3)S1. The number of hydrogen-bond donors (Lipinski definition) is 1. The number of nitrogens with zero attached hydrogens (tertiary/aromatic N) is 1. The van der Waals surface area contributed by atoms with E-state index in [4.69, 9.17) is 32.7 Å². The lowest BCUT2D eigenvalue weighted by molar-refractivity contribution is -0.115. The fourth-order valence-electron chi connectivity index (χ4n) is 2.52. The van der Waals surface area contributed by atoms with Crippen LogP contribution >= 0.6 is 35.0 Å². The van der Waals surface area contributed by atoms with E-state index in [1.54, 1.807) is 24.3 Å². The van der Waals surface area contributed by atoms with Crippen LogP contribution < -0.4 is 14.8 Å². The van der Waals surface area contributed by atoms with Crippen LogP contribution in [0, 0.1) is 6.92 Å².